The summed E-state index contributed by atoms with van der Waals surface area (Å²) in [6.07, 6.45) is 1.52. The number of hydrogen-bond donors (Lipinski definition) is 1. The van der Waals surface area contributed by atoms with Crippen LogP contribution in [-0.2, 0) is 18.0 Å². The third-order valence-electron chi connectivity index (χ3n) is 5.46. The van der Waals surface area contributed by atoms with Crippen LogP contribution < -0.4 is 14.8 Å². The van der Waals surface area contributed by atoms with Gasteiger partial charge in [-0.25, -0.2) is 0 Å². The van der Waals surface area contributed by atoms with Gasteiger partial charge >= 0.3 is 0 Å². The zero-order chi connectivity index (χ0) is 27.8. The summed E-state index contributed by atoms with van der Waals surface area (Å²) in [5.41, 5.74) is 2.99. The van der Waals surface area contributed by atoms with Gasteiger partial charge in [0.15, 0.2) is 0 Å². The molecule has 0 saturated carbocycles. The number of nitrogens with one attached hydrogen (secondary N) is 1. The molecule has 4 aromatic carbocycles. The van der Waals surface area contributed by atoms with Gasteiger partial charge in [0.2, 0.25) is 0 Å². The van der Waals surface area contributed by atoms with E-state index in [9.17, 15) is 10.1 Å². The number of carbonyl (C=O) groups excluding carboxylic acids is 1. The van der Waals surface area contributed by atoms with Crippen molar-refractivity contribution in [1.82, 2.24) is 0 Å². The number of nitrogens with zero attached hydrogens (tertiary/aromatic N) is 1. The van der Waals surface area contributed by atoms with Crippen LogP contribution in [0.1, 0.15) is 16.7 Å². The summed E-state index contributed by atoms with van der Waals surface area (Å²) in [6.45, 7) is 0.679. The fourth-order valence-corrected chi connectivity index (χ4v) is 4.65. The number of nitriles is 1. The first-order chi connectivity index (χ1) is 18.8. The molecule has 4 aromatic rings. The van der Waals surface area contributed by atoms with Crippen LogP contribution in [0.3, 0.4) is 0 Å². The molecule has 0 radical (unpaired) electrons. The van der Waals surface area contributed by atoms with Gasteiger partial charge in [0.05, 0.1) is 4.47 Å². The van der Waals surface area contributed by atoms with E-state index in [1.807, 2.05) is 30.3 Å². The molecule has 0 heterocycles. The van der Waals surface area contributed by atoms with E-state index in [1.165, 1.54) is 6.08 Å². The lowest BCUT2D eigenvalue weighted by Crippen LogP contribution is -2.13. The summed E-state index contributed by atoms with van der Waals surface area (Å²) in [4.78, 5) is 12.7. The number of hydrogen-bond acceptors (Lipinski definition) is 4. The first kappa shape index (κ1) is 28.7. The average Bonchev–Trinajstić information content (AvgIpc) is 2.92. The predicted octanol–water partition coefficient (Wildman–Crippen LogP) is 9.22. The van der Waals surface area contributed by atoms with Gasteiger partial charge in [-0.3, -0.25) is 4.79 Å². The summed E-state index contributed by atoms with van der Waals surface area (Å²) in [5.74, 6) is 0.729. The van der Waals surface area contributed by atoms with E-state index < -0.39 is 5.91 Å². The van der Waals surface area contributed by atoms with Gasteiger partial charge in [-0.1, -0.05) is 63.4 Å². The highest BCUT2D eigenvalue weighted by molar-refractivity contribution is 9.10. The zero-order valence-electron chi connectivity index (χ0n) is 20.3. The quantitative estimate of drug-likeness (QED) is 0.141. The second-order valence-electron chi connectivity index (χ2n) is 8.28. The molecular weight excluding hydrogens is 667 g/mol. The smallest absolute Gasteiger partial charge is 0.266 e. The number of anilines is 1. The molecule has 1 amide bonds. The van der Waals surface area contributed by atoms with Crippen LogP contribution in [0, 0.1) is 11.3 Å². The Bertz CT molecular complexity index is 1550. The Morgan fingerprint density at radius 1 is 0.897 bits per heavy atom. The zero-order valence-corrected chi connectivity index (χ0v) is 24.9. The minimum absolute atomic E-state index is 0.0388. The Hall–Kier alpha value is -3.28. The van der Waals surface area contributed by atoms with Crippen LogP contribution >= 0.6 is 55.1 Å². The summed E-state index contributed by atoms with van der Waals surface area (Å²) in [5, 5.41) is 13.4. The molecule has 0 aliphatic rings. The predicted molar refractivity (Wildman–Crippen MR) is 162 cm³/mol. The molecule has 9 heteroatoms. The standard InChI is InChI=1S/C30H20Br2Cl2N2O3/c31-23-5-1-19(2-6-23)17-39-29-12-3-20(14-27(29)32)13-22(16-35)30(37)36-25-8-10-26(11-9-25)38-18-21-4-7-24(33)15-28(21)34/h1-15H,17-18H2,(H,36,37)/b22-13+. The van der Waals surface area contributed by atoms with Crippen LogP contribution in [0.4, 0.5) is 5.69 Å². The Labute approximate surface area is 253 Å². The fourth-order valence-electron chi connectivity index (χ4n) is 3.41. The summed E-state index contributed by atoms with van der Waals surface area (Å²) >= 11 is 19.0. The molecule has 0 bridgehead atoms. The molecule has 0 fully saturated rings. The highest BCUT2D eigenvalue weighted by atomic mass is 79.9. The topological polar surface area (TPSA) is 71.3 Å². The highest BCUT2D eigenvalue weighted by Gasteiger charge is 2.11. The van der Waals surface area contributed by atoms with Crippen molar-refractivity contribution in [3.05, 3.63) is 126 Å². The van der Waals surface area contributed by atoms with Crippen molar-refractivity contribution in [1.29, 1.82) is 5.26 Å². The Morgan fingerprint density at radius 2 is 1.64 bits per heavy atom. The van der Waals surface area contributed by atoms with Gasteiger partial charge < -0.3 is 14.8 Å². The third-order valence-corrected chi connectivity index (χ3v) is 7.20. The monoisotopic (exact) mass is 684 g/mol. The van der Waals surface area contributed by atoms with Gasteiger partial charge in [-0.2, -0.15) is 5.26 Å². The number of halogens is 4. The lowest BCUT2D eigenvalue weighted by atomic mass is 10.1. The highest BCUT2D eigenvalue weighted by Crippen LogP contribution is 2.28. The average molecular weight is 687 g/mol. The number of carbonyl (C=O) groups is 1. The summed E-state index contributed by atoms with van der Waals surface area (Å²) in [7, 11) is 0. The summed E-state index contributed by atoms with van der Waals surface area (Å²) < 4.78 is 13.4. The van der Waals surface area contributed by atoms with Crippen molar-refractivity contribution < 1.29 is 14.3 Å². The van der Waals surface area contributed by atoms with Gasteiger partial charge in [-0.15, -0.1) is 0 Å². The molecule has 1 N–H and O–H groups in total. The molecule has 4 rings (SSSR count). The van der Waals surface area contributed by atoms with Crippen molar-refractivity contribution in [3.8, 4) is 17.6 Å². The van der Waals surface area contributed by atoms with E-state index in [4.69, 9.17) is 32.7 Å². The molecule has 0 atom stereocenters. The van der Waals surface area contributed by atoms with Gasteiger partial charge in [0.1, 0.15) is 36.4 Å². The molecule has 0 unspecified atom stereocenters. The minimum atomic E-state index is -0.522. The first-order valence-corrected chi connectivity index (χ1v) is 13.9. The fraction of sp³-hybridized carbons (Fsp3) is 0.0667. The lowest BCUT2D eigenvalue weighted by molar-refractivity contribution is -0.112. The second kappa shape index (κ2) is 13.7. The van der Waals surface area contributed by atoms with Crippen LogP contribution in [0.5, 0.6) is 11.5 Å². The van der Waals surface area contributed by atoms with Crippen LogP contribution in [0.25, 0.3) is 6.08 Å². The third kappa shape index (κ3) is 8.35. The van der Waals surface area contributed by atoms with Crippen LogP contribution in [-0.4, -0.2) is 5.91 Å². The number of benzene rings is 4. The lowest BCUT2D eigenvalue weighted by Gasteiger charge is -2.10. The van der Waals surface area contributed by atoms with Crippen LogP contribution in [0.2, 0.25) is 10.0 Å². The largest absolute Gasteiger partial charge is 0.489 e. The SMILES string of the molecule is N#C/C(=C\c1ccc(OCc2ccc(Br)cc2)c(Br)c1)C(=O)Nc1ccc(OCc2ccc(Cl)cc2Cl)cc1. The molecule has 0 saturated heterocycles. The molecule has 196 valence electrons. The number of rotatable bonds is 9. The molecule has 0 aliphatic heterocycles. The Balaban J connectivity index is 1.35. The van der Waals surface area contributed by atoms with Crippen molar-refractivity contribution in [2.24, 2.45) is 0 Å². The van der Waals surface area contributed by atoms with Crippen molar-refractivity contribution in [2.75, 3.05) is 5.32 Å². The molecule has 5 nitrogen and oxygen atoms in total. The molecule has 0 spiro atoms. The Morgan fingerprint density at radius 3 is 2.31 bits per heavy atom. The Kier molecular flexibility index (Phi) is 10.1. The van der Waals surface area contributed by atoms with Crippen LogP contribution in [0.15, 0.2) is 99.4 Å². The van der Waals surface area contributed by atoms with Crippen molar-refractivity contribution in [3.63, 3.8) is 0 Å². The normalized spacial score (nSPS) is 11.0. The van der Waals surface area contributed by atoms with Gasteiger partial charge in [0.25, 0.3) is 5.91 Å². The molecule has 0 aliphatic carbocycles. The van der Waals surface area contributed by atoms with E-state index in [-0.39, 0.29) is 12.2 Å². The maximum Gasteiger partial charge on any atom is 0.266 e. The molecule has 39 heavy (non-hydrogen) atoms. The van der Waals surface area contributed by atoms with Crippen molar-refractivity contribution >= 4 is 72.7 Å². The number of amides is 1. The van der Waals surface area contributed by atoms with Gasteiger partial charge in [0, 0.05) is 25.8 Å². The van der Waals surface area contributed by atoms with E-state index in [2.05, 4.69) is 37.2 Å². The first-order valence-electron chi connectivity index (χ1n) is 11.6. The van der Waals surface area contributed by atoms with E-state index in [1.54, 1.807) is 60.7 Å². The van der Waals surface area contributed by atoms with Crippen molar-refractivity contribution in [2.45, 2.75) is 13.2 Å². The van der Waals surface area contributed by atoms with E-state index in [0.717, 1.165) is 15.6 Å². The summed E-state index contributed by atoms with van der Waals surface area (Å²) in [6, 6.07) is 27.2. The second-order valence-corrected chi connectivity index (χ2v) is 10.9. The van der Waals surface area contributed by atoms with E-state index in [0.29, 0.717) is 43.9 Å². The maximum atomic E-state index is 12.7. The number of ether oxygens (including phenoxy) is 2. The van der Waals surface area contributed by atoms with Gasteiger partial charge in [-0.05, 0) is 93.8 Å². The molecular formula is C30H20Br2Cl2N2O3. The molecule has 0 aromatic heterocycles. The van der Waals surface area contributed by atoms with E-state index >= 15 is 0 Å². The maximum absolute atomic E-state index is 12.7. The minimum Gasteiger partial charge on any atom is -0.489 e.